The Kier molecular flexibility index (Phi) is 17.0. The van der Waals surface area contributed by atoms with E-state index in [0.29, 0.717) is 6.42 Å². The molecule has 0 aliphatic rings. The zero-order chi connectivity index (χ0) is 16.1. The first kappa shape index (κ1) is 24.0. The van der Waals surface area contributed by atoms with Crippen molar-refractivity contribution in [3.63, 3.8) is 0 Å². The van der Waals surface area contributed by atoms with E-state index in [1.54, 1.807) is 7.05 Å². The summed E-state index contributed by atoms with van der Waals surface area (Å²) in [5, 5.41) is 16.4. The van der Waals surface area contributed by atoms with Gasteiger partial charge in [-0.3, -0.25) is 5.41 Å². The number of hydrogen-bond donors (Lipinski definition) is 3. The fraction of sp³-hybridized carbons (Fsp3) is 0.875. The molecule has 0 saturated heterocycles. The summed E-state index contributed by atoms with van der Waals surface area (Å²) in [5.41, 5.74) is 5.34. The number of carboxylic acid groups (broad SMARTS) is 1. The number of unbranched alkanes of at least 4 members (excludes halogenated alkanes) is 9. The molecule has 0 aromatic carbocycles. The quantitative estimate of drug-likeness (QED) is 0.210. The molecular formula is C16H33N3NaO2. The van der Waals surface area contributed by atoms with E-state index in [9.17, 15) is 4.79 Å². The van der Waals surface area contributed by atoms with Crippen molar-refractivity contribution in [1.29, 1.82) is 5.41 Å². The van der Waals surface area contributed by atoms with E-state index < -0.39 is 12.0 Å². The van der Waals surface area contributed by atoms with Crippen LogP contribution in [0.15, 0.2) is 0 Å². The van der Waals surface area contributed by atoms with E-state index in [2.05, 4.69) is 6.92 Å². The normalized spacial score (nSPS) is 11.5. The average Bonchev–Trinajstić information content (AvgIpc) is 2.43. The minimum absolute atomic E-state index is 0. The van der Waals surface area contributed by atoms with Crippen LogP contribution in [0.3, 0.4) is 0 Å². The van der Waals surface area contributed by atoms with Gasteiger partial charge in [0.05, 0.1) is 0 Å². The van der Waals surface area contributed by atoms with Crippen molar-refractivity contribution in [1.82, 2.24) is 4.90 Å². The first-order valence-corrected chi connectivity index (χ1v) is 8.30. The summed E-state index contributed by atoms with van der Waals surface area (Å²) < 4.78 is 0. The van der Waals surface area contributed by atoms with Gasteiger partial charge >= 0.3 is 5.97 Å². The van der Waals surface area contributed by atoms with Crippen LogP contribution in [-0.2, 0) is 4.79 Å². The number of carbonyl (C=O) groups is 1. The third-order valence-corrected chi connectivity index (χ3v) is 3.96. The Balaban J connectivity index is 0. The number of rotatable bonds is 13. The smallest absolute Gasteiger partial charge is 0.326 e. The molecule has 0 rings (SSSR count). The third kappa shape index (κ3) is 12.3. The van der Waals surface area contributed by atoms with Crippen molar-refractivity contribution in [2.24, 2.45) is 5.73 Å². The maximum atomic E-state index is 11.1. The molecule has 1 unspecified atom stereocenters. The van der Waals surface area contributed by atoms with Gasteiger partial charge in [-0.1, -0.05) is 71.1 Å². The van der Waals surface area contributed by atoms with Gasteiger partial charge in [0.2, 0.25) is 0 Å². The molecule has 0 fully saturated rings. The van der Waals surface area contributed by atoms with E-state index >= 15 is 0 Å². The summed E-state index contributed by atoms with van der Waals surface area (Å²) in [6, 6.07) is -0.670. The SMILES string of the molecule is CCCCCCCCCCCCC(C(=O)O)N(C)C(=N)N.[Na]. The minimum Gasteiger partial charge on any atom is -0.480 e. The van der Waals surface area contributed by atoms with E-state index in [1.165, 1.54) is 56.3 Å². The first-order valence-electron chi connectivity index (χ1n) is 8.30. The second kappa shape index (κ2) is 15.6. The maximum Gasteiger partial charge on any atom is 0.326 e. The number of guanidine groups is 1. The molecule has 125 valence electrons. The maximum absolute atomic E-state index is 11.1. The van der Waals surface area contributed by atoms with Crippen LogP contribution in [0.1, 0.15) is 77.6 Å². The van der Waals surface area contributed by atoms with Crippen molar-refractivity contribution in [2.45, 2.75) is 83.6 Å². The Hall–Kier alpha value is -0.260. The Labute approximate surface area is 157 Å². The van der Waals surface area contributed by atoms with Gasteiger partial charge in [0.15, 0.2) is 5.96 Å². The summed E-state index contributed by atoms with van der Waals surface area (Å²) in [6.45, 7) is 2.23. The Bertz CT molecular complexity index is 301. The molecule has 0 bridgehead atoms. The van der Waals surface area contributed by atoms with Crippen LogP contribution < -0.4 is 5.73 Å². The Morgan fingerprint density at radius 1 is 1.05 bits per heavy atom. The van der Waals surface area contributed by atoms with E-state index in [1.807, 2.05) is 0 Å². The van der Waals surface area contributed by atoms with Gasteiger partial charge < -0.3 is 15.7 Å². The van der Waals surface area contributed by atoms with Crippen molar-refractivity contribution in [3.05, 3.63) is 0 Å². The molecule has 0 aliphatic carbocycles. The molecule has 4 N–H and O–H groups in total. The van der Waals surface area contributed by atoms with Gasteiger partial charge in [0.1, 0.15) is 6.04 Å². The average molecular weight is 322 g/mol. The number of hydrogen-bond acceptors (Lipinski definition) is 2. The predicted molar refractivity (Wildman–Crippen MR) is 93.3 cm³/mol. The van der Waals surface area contributed by atoms with Crippen molar-refractivity contribution < 1.29 is 9.90 Å². The number of nitrogens with zero attached hydrogens (tertiary/aromatic N) is 1. The van der Waals surface area contributed by atoms with Crippen LogP contribution in [0.5, 0.6) is 0 Å². The molecule has 0 saturated carbocycles. The molecule has 1 atom stereocenters. The molecule has 0 heterocycles. The predicted octanol–water partition coefficient (Wildman–Crippen LogP) is 3.20. The van der Waals surface area contributed by atoms with Gasteiger partial charge in [-0.25, -0.2) is 4.79 Å². The molecule has 0 amide bonds. The zero-order valence-corrected chi connectivity index (χ0v) is 16.7. The van der Waals surface area contributed by atoms with Crippen LogP contribution in [0.2, 0.25) is 0 Å². The number of likely N-dealkylation sites (N-methyl/N-ethyl adjacent to an activating group) is 1. The fourth-order valence-corrected chi connectivity index (χ4v) is 2.48. The molecule has 0 aromatic rings. The van der Waals surface area contributed by atoms with Gasteiger partial charge in [-0.05, 0) is 6.42 Å². The first-order chi connectivity index (χ1) is 10.0. The van der Waals surface area contributed by atoms with Gasteiger partial charge in [0.25, 0.3) is 0 Å². The van der Waals surface area contributed by atoms with Crippen LogP contribution in [0, 0.1) is 5.41 Å². The number of nitrogens with two attached hydrogens (primary N) is 1. The summed E-state index contributed by atoms with van der Waals surface area (Å²) in [4.78, 5) is 12.5. The van der Waals surface area contributed by atoms with Crippen LogP contribution in [0.25, 0.3) is 0 Å². The number of aliphatic carboxylic acids is 1. The minimum atomic E-state index is -0.899. The standard InChI is InChI=1S/C16H33N3O2.Na/c1-3-4-5-6-7-8-9-10-11-12-13-14(15(20)21)19(2)16(17)18;/h14H,3-13H2,1-2H3,(H3,17,18)(H,20,21);. The second-order valence-electron chi connectivity index (χ2n) is 5.82. The third-order valence-electron chi connectivity index (χ3n) is 3.96. The van der Waals surface area contributed by atoms with Crippen LogP contribution in [-0.4, -0.2) is 64.6 Å². The van der Waals surface area contributed by atoms with Gasteiger partial charge in [-0.2, -0.15) is 0 Å². The van der Waals surface area contributed by atoms with E-state index in [-0.39, 0.29) is 35.5 Å². The second-order valence-corrected chi connectivity index (χ2v) is 5.82. The van der Waals surface area contributed by atoms with Crippen molar-refractivity contribution >= 4 is 41.5 Å². The topological polar surface area (TPSA) is 90.4 Å². The van der Waals surface area contributed by atoms with E-state index in [4.69, 9.17) is 16.2 Å². The van der Waals surface area contributed by atoms with Crippen molar-refractivity contribution in [3.8, 4) is 0 Å². The molecule has 1 radical (unpaired) electrons. The Morgan fingerprint density at radius 2 is 1.45 bits per heavy atom. The zero-order valence-electron chi connectivity index (χ0n) is 14.7. The summed E-state index contributed by atoms with van der Waals surface area (Å²) in [6.07, 6.45) is 12.9. The molecule has 0 spiro atoms. The largest absolute Gasteiger partial charge is 0.480 e. The molecule has 0 aliphatic heterocycles. The number of nitrogens with one attached hydrogen (secondary N) is 1. The molecule has 5 nitrogen and oxygen atoms in total. The summed E-state index contributed by atoms with van der Waals surface area (Å²) >= 11 is 0. The van der Waals surface area contributed by atoms with Gasteiger partial charge in [0, 0.05) is 36.6 Å². The Morgan fingerprint density at radius 3 is 1.82 bits per heavy atom. The molecular weight excluding hydrogens is 289 g/mol. The van der Waals surface area contributed by atoms with Gasteiger partial charge in [-0.15, -0.1) is 0 Å². The summed E-state index contributed by atoms with van der Waals surface area (Å²) in [7, 11) is 1.57. The monoisotopic (exact) mass is 322 g/mol. The molecule has 0 aromatic heterocycles. The fourth-order valence-electron chi connectivity index (χ4n) is 2.48. The van der Waals surface area contributed by atoms with E-state index in [0.717, 1.165) is 12.8 Å². The van der Waals surface area contributed by atoms with Crippen molar-refractivity contribution in [2.75, 3.05) is 7.05 Å². The molecule has 6 heteroatoms. The number of carboxylic acids is 1. The van der Waals surface area contributed by atoms with Crippen LogP contribution >= 0.6 is 0 Å². The molecule has 22 heavy (non-hydrogen) atoms. The summed E-state index contributed by atoms with van der Waals surface area (Å²) in [5.74, 6) is -1.09. The van der Waals surface area contributed by atoms with Crippen LogP contribution in [0.4, 0.5) is 0 Å².